The van der Waals surface area contributed by atoms with Crippen molar-refractivity contribution in [3.05, 3.63) is 23.9 Å². The Kier molecular flexibility index (Phi) is 4.45. The molecular formula is C10H14N2O4S. The maximum absolute atomic E-state index is 11.5. The molecule has 1 aromatic rings. The third kappa shape index (κ3) is 5.30. The number of rotatable bonds is 6. The number of nitrogens with zero attached hydrogens (tertiary/aromatic N) is 1. The maximum Gasteiger partial charge on any atom is 0.303 e. The largest absolute Gasteiger partial charge is 0.481 e. The third-order valence-electron chi connectivity index (χ3n) is 1.98. The Hall–Kier alpha value is -1.63. The van der Waals surface area contributed by atoms with E-state index >= 15 is 0 Å². The number of carboxylic acid groups (broad SMARTS) is 1. The minimum atomic E-state index is -3.52. The summed E-state index contributed by atoms with van der Waals surface area (Å²) in [4.78, 5) is 14.2. The monoisotopic (exact) mass is 258 g/mol. The Balaban J connectivity index is 2.54. The van der Waals surface area contributed by atoms with E-state index in [2.05, 4.69) is 9.71 Å². The molecule has 7 heteroatoms. The minimum absolute atomic E-state index is 0.0799. The van der Waals surface area contributed by atoms with Gasteiger partial charge in [-0.1, -0.05) is 6.07 Å². The van der Waals surface area contributed by atoms with Crippen molar-refractivity contribution >= 4 is 21.8 Å². The van der Waals surface area contributed by atoms with Crippen LogP contribution in [0.4, 0.5) is 5.82 Å². The summed E-state index contributed by atoms with van der Waals surface area (Å²) in [6, 6.07) is 3.30. The van der Waals surface area contributed by atoms with Gasteiger partial charge in [0, 0.05) is 12.6 Å². The number of hydrogen-bond acceptors (Lipinski definition) is 4. The van der Waals surface area contributed by atoms with Crippen LogP contribution in [0.3, 0.4) is 0 Å². The number of anilines is 1. The lowest BCUT2D eigenvalue weighted by Gasteiger charge is -2.06. The first-order valence-corrected chi connectivity index (χ1v) is 6.69. The van der Waals surface area contributed by atoms with E-state index in [-0.39, 0.29) is 24.4 Å². The minimum Gasteiger partial charge on any atom is -0.481 e. The van der Waals surface area contributed by atoms with Crippen molar-refractivity contribution in [3.63, 3.8) is 0 Å². The van der Waals surface area contributed by atoms with Crippen molar-refractivity contribution in [3.8, 4) is 0 Å². The number of hydrogen-bond donors (Lipinski definition) is 2. The summed E-state index contributed by atoms with van der Waals surface area (Å²) in [5.74, 6) is -0.992. The van der Waals surface area contributed by atoms with Gasteiger partial charge in [0.2, 0.25) is 10.0 Å². The number of sulfonamides is 1. The van der Waals surface area contributed by atoms with Gasteiger partial charge in [0.05, 0.1) is 5.75 Å². The lowest BCUT2D eigenvalue weighted by Crippen LogP contribution is -2.18. The van der Waals surface area contributed by atoms with Crippen LogP contribution in [0.25, 0.3) is 0 Å². The Labute approximate surface area is 99.7 Å². The van der Waals surface area contributed by atoms with E-state index in [1.165, 1.54) is 0 Å². The number of carboxylic acids is 1. The molecular weight excluding hydrogens is 244 g/mol. The first kappa shape index (κ1) is 13.4. The molecule has 2 N–H and O–H groups in total. The first-order chi connectivity index (χ1) is 7.89. The number of pyridine rings is 1. The normalized spacial score (nSPS) is 11.1. The molecule has 0 aromatic carbocycles. The van der Waals surface area contributed by atoms with Gasteiger partial charge in [0.15, 0.2) is 0 Å². The molecule has 0 aliphatic heterocycles. The van der Waals surface area contributed by atoms with Gasteiger partial charge >= 0.3 is 5.97 Å². The van der Waals surface area contributed by atoms with Crippen molar-refractivity contribution in [2.24, 2.45) is 0 Å². The Bertz CT molecular complexity index is 482. The van der Waals surface area contributed by atoms with Crippen LogP contribution < -0.4 is 4.72 Å². The van der Waals surface area contributed by atoms with Crippen LogP contribution in [0.5, 0.6) is 0 Å². The molecule has 0 saturated heterocycles. The predicted molar refractivity (Wildman–Crippen MR) is 63.3 cm³/mol. The lowest BCUT2D eigenvalue weighted by molar-refractivity contribution is -0.137. The molecule has 0 aliphatic carbocycles. The summed E-state index contributed by atoms with van der Waals surface area (Å²) in [5, 5.41) is 8.40. The summed E-state index contributed by atoms with van der Waals surface area (Å²) in [5.41, 5.74) is 0.929. The van der Waals surface area contributed by atoms with Gasteiger partial charge in [0.25, 0.3) is 0 Å². The average Bonchev–Trinajstić information content (AvgIpc) is 2.20. The smallest absolute Gasteiger partial charge is 0.303 e. The fourth-order valence-electron chi connectivity index (χ4n) is 1.15. The van der Waals surface area contributed by atoms with Gasteiger partial charge in [-0.05, 0) is 25.0 Å². The van der Waals surface area contributed by atoms with E-state index in [4.69, 9.17) is 5.11 Å². The molecule has 6 nitrogen and oxygen atoms in total. The zero-order valence-electron chi connectivity index (χ0n) is 9.38. The van der Waals surface area contributed by atoms with Gasteiger partial charge in [-0.15, -0.1) is 0 Å². The summed E-state index contributed by atoms with van der Waals surface area (Å²) in [6.07, 6.45) is 1.47. The Morgan fingerprint density at radius 1 is 1.47 bits per heavy atom. The van der Waals surface area contributed by atoms with Gasteiger partial charge in [0.1, 0.15) is 5.82 Å². The SMILES string of the molecule is Cc1ccc(NS(=O)(=O)CCCC(=O)O)nc1. The molecule has 0 radical (unpaired) electrons. The second-order valence-electron chi connectivity index (χ2n) is 3.64. The second kappa shape index (κ2) is 5.62. The van der Waals surface area contributed by atoms with E-state index in [1.807, 2.05) is 6.92 Å². The quantitative estimate of drug-likeness (QED) is 0.793. The fraction of sp³-hybridized carbons (Fsp3) is 0.400. The molecule has 0 bridgehead atoms. The van der Waals surface area contributed by atoms with Crippen LogP contribution in [-0.4, -0.2) is 30.2 Å². The molecule has 17 heavy (non-hydrogen) atoms. The van der Waals surface area contributed by atoms with Crippen molar-refractivity contribution in [2.45, 2.75) is 19.8 Å². The third-order valence-corrected chi connectivity index (χ3v) is 3.32. The van der Waals surface area contributed by atoms with Gasteiger partial charge in [-0.25, -0.2) is 13.4 Å². The van der Waals surface area contributed by atoms with E-state index in [0.29, 0.717) is 0 Å². The number of aliphatic carboxylic acids is 1. The van der Waals surface area contributed by atoms with Crippen LogP contribution >= 0.6 is 0 Å². The van der Waals surface area contributed by atoms with Crippen molar-refractivity contribution in [1.29, 1.82) is 0 Å². The summed E-state index contributed by atoms with van der Waals surface area (Å²) < 4.78 is 25.3. The van der Waals surface area contributed by atoms with Crippen LogP contribution in [0, 0.1) is 6.92 Å². The maximum atomic E-state index is 11.5. The van der Waals surface area contributed by atoms with Crippen molar-refractivity contribution < 1.29 is 18.3 Å². The highest BCUT2D eigenvalue weighted by molar-refractivity contribution is 7.92. The van der Waals surface area contributed by atoms with E-state index in [0.717, 1.165) is 5.56 Å². The van der Waals surface area contributed by atoms with Crippen LogP contribution in [0.2, 0.25) is 0 Å². The van der Waals surface area contributed by atoms with E-state index < -0.39 is 16.0 Å². The van der Waals surface area contributed by atoms with E-state index in [1.54, 1.807) is 18.3 Å². The Morgan fingerprint density at radius 3 is 2.71 bits per heavy atom. The second-order valence-corrected chi connectivity index (χ2v) is 5.48. The fourth-order valence-corrected chi connectivity index (χ4v) is 2.22. The summed E-state index contributed by atoms with van der Waals surface area (Å²) in [7, 11) is -3.52. The molecule has 1 aromatic heterocycles. The lowest BCUT2D eigenvalue weighted by atomic mass is 10.3. The number of carbonyl (C=O) groups is 1. The molecule has 0 amide bonds. The molecule has 1 rings (SSSR count). The number of aryl methyl sites for hydroxylation is 1. The molecule has 0 fully saturated rings. The van der Waals surface area contributed by atoms with Crippen LogP contribution in [-0.2, 0) is 14.8 Å². The van der Waals surface area contributed by atoms with Gasteiger partial charge in [-0.3, -0.25) is 9.52 Å². The molecule has 0 aliphatic rings. The topological polar surface area (TPSA) is 96.4 Å². The highest BCUT2D eigenvalue weighted by Gasteiger charge is 2.11. The molecule has 0 spiro atoms. The van der Waals surface area contributed by atoms with E-state index in [9.17, 15) is 13.2 Å². The molecule has 1 heterocycles. The number of nitrogens with one attached hydrogen (secondary N) is 1. The van der Waals surface area contributed by atoms with Crippen molar-refractivity contribution in [2.75, 3.05) is 10.5 Å². The molecule has 94 valence electrons. The highest BCUT2D eigenvalue weighted by Crippen LogP contribution is 2.07. The standard InChI is InChI=1S/C10H14N2O4S/c1-8-4-5-9(11-7-8)12-17(15,16)6-2-3-10(13)14/h4-5,7H,2-3,6H2,1H3,(H,11,12)(H,13,14). The van der Waals surface area contributed by atoms with Crippen LogP contribution in [0.1, 0.15) is 18.4 Å². The molecule has 0 atom stereocenters. The average molecular weight is 258 g/mol. The molecule has 0 saturated carbocycles. The zero-order valence-corrected chi connectivity index (χ0v) is 10.2. The Morgan fingerprint density at radius 2 is 2.18 bits per heavy atom. The van der Waals surface area contributed by atoms with Gasteiger partial charge < -0.3 is 5.11 Å². The summed E-state index contributed by atoms with van der Waals surface area (Å²) >= 11 is 0. The highest BCUT2D eigenvalue weighted by atomic mass is 32.2. The number of aromatic nitrogens is 1. The van der Waals surface area contributed by atoms with Crippen molar-refractivity contribution in [1.82, 2.24) is 4.98 Å². The first-order valence-electron chi connectivity index (χ1n) is 5.04. The van der Waals surface area contributed by atoms with Crippen LogP contribution in [0.15, 0.2) is 18.3 Å². The predicted octanol–water partition coefficient (Wildman–Crippen LogP) is 0.997. The summed E-state index contributed by atoms with van der Waals surface area (Å²) in [6.45, 7) is 1.85. The zero-order chi connectivity index (χ0) is 12.9. The molecule has 0 unspecified atom stereocenters. The van der Waals surface area contributed by atoms with Gasteiger partial charge in [-0.2, -0.15) is 0 Å².